The van der Waals surface area contributed by atoms with Crippen molar-refractivity contribution in [2.45, 2.75) is 56.2 Å². The summed E-state index contributed by atoms with van der Waals surface area (Å²) < 4.78 is 51.3. The first kappa shape index (κ1) is 30.1. The Morgan fingerprint density at radius 3 is 1.71 bits per heavy atom. The molecular formula is C33H36N2O6S. The van der Waals surface area contributed by atoms with Crippen LogP contribution in [0.25, 0.3) is 0 Å². The maximum atomic E-state index is 13.1. The van der Waals surface area contributed by atoms with E-state index in [0.717, 1.165) is 22.3 Å². The summed E-state index contributed by atoms with van der Waals surface area (Å²) in [6.07, 6.45) is -2.58. The van der Waals surface area contributed by atoms with Crippen molar-refractivity contribution in [2.75, 3.05) is 6.61 Å². The summed E-state index contributed by atoms with van der Waals surface area (Å²) in [6, 6.07) is 36.1. The smallest absolute Gasteiger partial charge is 0.253 e. The van der Waals surface area contributed by atoms with Crippen molar-refractivity contribution in [1.82, 2.24) is 10.3 Å². The zero-order valence-electron chi connectivity index (χ0n) is 23.5. The molecule has 4 aromatic rings. The zero-order valence-corrected chi connectivity index (χ0v) is 24.3. The molecule has 0 aliphatic carbocycles. The topological polar surface area (TPSA) is 95.1 Å². The Morgan fingerprint density at radius 2 is 1.17 bits per heavy atom. The van der Waals surface area contributed by atoms with Gasteiger partial charge < -0.3 is 18.9 Å². The second-order valence-corrected chi connectivity index (χ2v) is 11.9. The largest absolute Gasteiger partial charge is 0.374 e. The summed E-state index contributed by atoms with van der Waals surface area (Å²) in [5.74, 6) is 0. The van der Waals surface area contributed by atoms with Crippen LogP contribution in [0.1, 0.15) is 22.3 Å². The van der Waals surface area contributed by atoms with Crippen LogP contribution in [0.2, 0.25) is 0 Å². The molecule has 2 N–H and O–H groups in total. The molecule has 4 aromatic carbocycles. The van der Waals surface area contributed by atoms with Crippen molar-refractivity contribution in [3.05, 3.63) is 138 Å². The number of benzene rings is 4. The van der Waals surface area contributed by atoms with Gasteiger partial charge in [0.2, 0.25) is 0 Å². The molecule has 0 unspecified atom stereocenters. The summed E-state index contributed by atoms with van der Waals surface area (Å²) in [5.41, 5.74) is 6.84. The summed E-state index contributed by atoms with van der Waals surface area (Å²) in [4.78, 5) is 2.62. The van der Waals surface area contributed by atoms with Crippen molar-refractivity contribution in [3.63, 3.8) is 0 Å². The molecule has 0 spiro atoms. The van der Waals surface area contributed by atoms with Gasteiger partial charge in [0.05, 0.1) is 31.3 Å². The van der Waals surface area contributed by atoms with Gasteiger partial charge in [-0.2, -0.15) is 0 Å². The molecule has 42 heavy (non-hydrogen) atoms. The quantitative estimate of drug-likeness (QED) is 0.203. The summed E-state index contributed by atoms with van der Waals surface area (Å²) in [6.45, 7) is 3.15. The minimum atomic E-state index is -3.87. The summed E-state index contributed by atoms with van der Waals surface area (Å²) >= 11 is 0. The standard InChI is InChI=1S/C33H36N2O6S/c1-25-17-19-29(20-18-25)42(36,37)35-34-33-32(40-23-28-15-9-4-10-16-28)31(39-22-27-13-7-3-8-14-27)30(41-33)24-38-21-26-11-5-2-6-12-26/h2-20,30-35H,21-24H2,1H3/t30-,31-,32+,33-/m1/s1. The molecule has 1 saturated heterocycles. The molecule has 1 aliphatic rings. The molecular weight excluding hydrogens is 552 g/mol. The monoisotopic (exact) mass is 588 g/mol. The van der Waals surface area contributed by atoms with Gasteiger partial charge in [0.25, 0.3) is 10.0 Å². The number of hydrogen-bond acceptors (Lipinski definition) is 7. The summed E-state index contributed by atoms with van der Waals surface area (Å²) in [7, 11) is -3.87. The number of rotatable bonds is 14. The van der Waals surface area contributed by atoms with Crippen LogP contribution in [-0.4, -0.2) is 39.6 Å². The van der Waals surface area contributed by atoms with Gasteiger partial charge in [-0.1, -0.05) is 109 Å². The van der Waals surface area contributed by atoms with Crippen molar-refractivity contribution < 1.29 is 27.4 Å². The highest BCUT2D eigenvalue weighted by molar-refractivity contribution is 7.89. The highest BCUT2D eigenvalue weighted by Crippen LogP contribution is 2.28. The fourth-order valence-electron chi connectivity index (χ4n) is 4.67. The van der Waals surface area contributed by atoms with E-state index in [0.29, 0.717) is 19.8 Å². The van der Waals surface area contributed by atoms with E-state index in [1.54, 1.807) is 24.3 Å². The van der Waals surface area contributed by atoms with E-state index in [1.165, 1.54) is 0 Å². The van der Waals surface area contributed by atoms with E-state index in [4.69, 9.17) is 18.9 Å². The Kier molecular flexibility index (Phi) is 10.5. The maximum Gasteiger partial charge on any atom is 0.253 e. The normalized spacial score (nSPS) is 20.5. The molecule has 8 nitrogen and oxygen atoms in total. The Morgan fingerprint density at radius 1 is 0.667 bits per heavy atom. The van der Waals surface area contributed by atoms with Crippen LogP contribution in [0.3, 0.4) is 0 Å². The van der Waals surface area contributed by atoms with Gasteiger partial charge in [0.15, 0.2) is 6.23 Å². The van der Waals surface area contributed by atoms with Crippen molar-refractivity contribution in [1.29, 1.82) is 0 Å². The lowest BCUT2D eigenvalue weighted by Gasteiger charge is -2.25. The van der Waals surface area contributed by atoms with E-state index >= 15 is 0 Å². The van der Waals surface area contributed by atoms with E-state index in [-0.39, 0.29) is 11.5 Å². The number of hydrazine groups is 1. The molecule has 0 saturated carbocycles. The Hall–Kier alpha value is -3.41. The minimum Gasteiger partial charge on any atom is -0.374 e. The fourth-order valence-corrected chi connectivity index (χ4v) is 5.56. The van der Waals surface area contributed by atoms with Gasteiger partial charge in [0, 0.05) is 0 Å². The third kappa shape index (κ3) is 8.33. The minimum absolute atomic E-state index is 0.139. The lowest BCUT2D eigenvalue weighted by Crippen LogP contribution is -2.51. The fraction of sp³-hybridized carbons (Fsp3) is 0.273. The second-order valence-electron chi connectivity index (χ2n) is 10.2. The van der Waals surface area contributed by atoms with Crippen LogP contribution < -0.4 is 10.3 Å². The first-order valence-corrected chi connectivity index (χ1v) is 15.4. The predicted molar refractivity (Wildman–Crippen MR) is 159 cm³/mol. The summed E-state index contributed by atoms with van der Waals surface area (Å²) in [5, 5.41) is 0. The van der Waals surface area contributed by atoms with Gasteiger partial charge in [-0.05, 0) is 35.7 Å². The van der Waals surface area contributed by atoms with Crippen molar-refractivity contribution in [3.8, 4) is 0 Å². The van der Waals surface area contributed by atoms with E-state index in [2.05, 4.69) is 10.3 Å². The Bertz CT molecular complexity index is 1470. The number of nitrogens with one attached hydrogen (secondary N) is 2. The third-order valence-corrected chi connectivity index (χ3v) is 8.22. The first-order chi connectivity index (χ1) is 20.5. The van der Waals surface area contributed by atoms with Crippen molar-refractivity contribution >= 4 is 10.0 Å². The van der Waals surface area contributed by atoms with Crippen LogP contribution in [-0.2, 0) is 48.8 Å². The highest BCUT2D eigenvalue weighted by Gasteiger charge is 2.47. The molecule has 0 amide bonds. The second kappa shape index (κ2) is 14.7. The van der Waals surface area contributed by atoms with Crippen LogP contribution in [0.4, 0.5) is 0 Å². The number of hydrogen-bond donors (Lipinski definition) is 2. The van der Waals surface area contributed by atoms with Crippen molar-refractivity contribution in [2.24, 2.45) is 0 Å². The average Bonchev–Trinajstić information content (AvgIpc) is 3.35. The van der Waals surface area contributed by atoms with Gasteiger partial charge in [-0.15, -0.1) is 4.83 Å². The first-order valence-electron chi connectivity index (χ1n) is 13.9. The molecule has 9 heteroatoms. The molecule has 1 fully saturated rings. The molecule has 1 aliphatic heterocycles. The van der Waals surface area contributed by atoms with Crippen LogP contribution in [0.5, 0.6) is 0 Å². The SMILES string of the molecule is Cc1ccc(S(=O)(=O)NN[C@@H]2O[C@H](COCc3ccccc3)[C@@H](OCc3ccccc3)[C@@H]2OCc2ccccc2)cc1. The third-order valence-electron chi connectivity index (χ3n) is 6.94. The zero-order chi connectivity index (χ0) is 29.2. The van der Waals surface area contributed by atoms with Gasteiger partial charge >= 0.3 is 0 Å². The van der Waals surface area contributed by atoms with E-state index in [9.17, 15) is 8.42 Å². The number of aryl methyl sites for hydroxylation is 1. The molecule has 1 heterocycles. The molecule has 5 rings (SSSR count). The van der Waals surface area contributed by atoms with Crippen LogP contribution in [0.15, 0.2) is 120 Å². The number of sulfonamides is 1. The molecule has 0 aromatic heterocycles. The lowest BCUT2D eigenvalue weighted by atomic mass is 10.1. The average molecular weight is 589 g/mol. The molecule has 4 atom stereocenters. The Balaban J connectivity index is 1.34. The molecule has 220 valence electrons. The Labute approximate surface area is 247 Å². The number of ether oxygens (including phenoxy) is 4. The molecule has 0 radical (unpaired) electrons. The van der Waals surface area contributed by atoms with Gasteiger partial charge in [-0.3, -0.25) is 0 Å². The van der Waals surface area contributed by atoms with Gasteiger partial charge in [0.1, 0.15) is 18.3 Å². The van der Waals surface area contributed by atoms with Gasteiger partial charge in [-0.25, -0.2) is 13.8 Å². The van der Waals surface area contributed by atoms with Crippen LogP contribution in [0, 0.1) is 6.92 Å². The maximum absolute atomic E-state index is 13.1. The van der Waals surface area contributed by atoms with E-state index < -0.39 is 34.6 Å². The van der Waals surface area contributed by atoms with Crippen LogP contribution >= 0.6 is 0 Å². The predicted octanol–water partition coefficient (Wildman–Crippen LogP) is 4.89. The van der Waals surface area contributed by atoms with E-state index in [1.807, 2.05) is 97.9 Å². The lowest BCUT2D eigenvalue weighted by molar-refractivity contribution is -0.0901. The molecule has 0 bridgehead atoms. The highest BCUT2D eigenvalue weighted by atomic mass is 32.2.